The van der Waals surface area contributed by atoms with Crippen molar-refractivity contribution in [2.75, 3.05) is 13.2 Å². The lowest BCUT2D eigenvalue weighted by Gasteiger charge is -2.16. The first-order valence-corrected chi connectivity index (χ1v) is 10.4. The van der Waals surface area contributed by atoms with E-state index in [2.05, 4.69) is 0 Å². The maximum atomic E-state index is 13.2. The molecular weight excluding hydrogens is 352 g/mol. The van der Waals surface area contributed by atoms with Gasteiger partial charge in [0.25, 0.3) is 0 Å². The van der Waals surface area contributed by atoms with Crippen LogP contribution in [-0.2, 0) is 26.8 Å². The van der Waals surface area contributed by atoms with E-state index in [1.165, 1.54) is 12.1 Å². The fourth-order valence-electron chi connectivity index (χ4n) is 3.15. The average molecular weight is 375 g/mol. The van der Waals surface area contributed by atoms with E-state index in [9.17, 15) is 8.96 Å². The Labute approximate surface area is 153 Å². The monoisotopic (exact) mass is 375 g/mol. The molecule has 0 radical (unpaired) electrons. The maximum Gasteiger partial charge on any atom is 0.335 e. The molecule has 0 saturated carbocycles. The molecule has 0 aliphatic rings. The molecule has 138 valence electrons. The van der Waals surface area contributed by atoms with Crippen LogP contribution in [0.2, 0.25) is 0 Å². The predicted molar refractivity (Wildman–Crippen MR) is 103 cm³/mol. The molecule has 4 nitrogen and oxygen atoms in total. The summed E-state index contributed by atoms with van der Waals surface area (Å²) in [7, 11) is -1.23. The molecule has 0 bridgehead atoms. The highest BCUT2D eigenvalue weighted by molar-refractivity contribution is 7.53. The Morgan fingerprint density at radius 1 is 1.00 bits per heavy atom. The van der Waals surface area contributed by atoms with Gasteiger partial charge in [-0.15, -0.1) is 0 Å². The molecular formula is C20H23FNO3P. The molecule has 0 aliphatic carbocycles. The number of hydrogen-bond donors (Lipinski definition) is 0. The molecule has 0 aliphatic heterocycles. The average Bonchev–Trinajstić information content (AvgIpc) is 2.91. The molecule has 3 rings (SSSR count). The van der Waals surface area contributed by atoms with Crippen LogP contribution in [0.1, 0.15) is 19.4 Å². The Kier molecular flexibility index (Phi) is 5.61. The van der Waals surface area contributed by atoms with Crippen molar-refractivity contribution in [3.8, 4) is 11.1 Å². The van der Waals surface area contributed by atoms with E-state index in [4.69, 9.17) is 9.05 Å². The van der Waals surface area contributed by atoms with Crippen LogP contribution in [-0.4, -0.2) is 17.8 Å². The second-order valence-corrected chi connectivity index (χ2v) is 8.16. The second kappa shape index (κ2) is 7.75. The van der Waals surface area contributed by atoms with Crippen molar-refractivity contribution in [2.24, 2.45) is 7.05 Å². The SMILES string of the molecule is CCOP(=O)(Cc1cn(C)c2ccc(-c3ccc(F)cc3)cc12)OCC. The summed E-state index contributed by atoms with van der Waals surface area (Å²) in [5.41, 5.74) is 3.86. The highest BCUT2D eigenvalue weighted by Crippen LogP contribution is 2.52. The van der Waals surface area contributed by atoms with Gasteiger partial charge >= 0.3 is 7.60 Å². The Balaban J connectivity index is 2.04. The normalized spacial score (nSPS) is 12.0. The highest BCUT2D eigenvalue weighted by Gasteiger charge is 2.26. The van der Waals surface area contributed by atoms with Crippen molar-refractivity contribution in [1.29, 1.82) is 0 Å². The van der Waals surface area contributed by atoms with Crippen LogP contribution in [0.15, 0.2) is 48.7 Å². The third-order valence-electron chi connectivity index (χ3n) is 4.27. The van der Waals surface area contributed by atoms with Gasteiger partial charge in [0.2, 0.25) is 0 Å². The number of aryl methyl sites for hydroxylation is 1. The second-order valence-electron chi connectivity index (χ2n) is 6.11. The number of rotatable bonds is 7. The summed E-state index contributed by atoms with van der Waals surface area (Å²) in [6, 6.07) is 12.5. The lowest BCUT2D eigenvalue weighted by molar-refractivity contribution is 0.219. The molecule has 0 N–H and O–H groups in total. The molecule has 0 fully saturated rings. The molecule has 2 aromatic carbocycles. The summed E-state index contributed by atoms with van der Waals surface area (Å²) in [4.78, 5) is 0. The topological polar surface area (TPSA) is 40.5 Å². The number of hydrogen-bond acceptors (Lipinski definition) is 3. The van der Waals surface area contributed by atoms with E-state index in [1.807, 2.05) is 36.0 Å². The van der Waals surface area contributed by atoms with Gasteiger partial charge in [-0.2, -0.15) is 0 Å². The quantitative estimate of drug-likeness (QED) is 0.494. The van der Waals surface area contributed by atoms with Crippen LogP contribution in [0, 0.1) is 5.82 Å². The van der Waals surface area contributed by atoms with Gasteiger partial charge in [0.15, 0.2) is 0 Å². The van der Waals surface area contributed by atoms with Crippen molar-refractivity contribution < 1.29 is 18.0 Å². The van der Waals surface area contributed by atoms with Gasteiger partial charge in [-0.05, 0) is 54.8 Å². The van der Waals surface area contributed by atoms with Crippen LogP contribution in [0.5, 0.6) is 0 Å². The van der Waals surface area contributed by atoms with Crippen LogP contribution in [0.25, 0.3) is 22.0 Å². The zero-order valence-corrected chi connectivity index (χ0v) is 16.1. The zero-order chi connectivity index (χ0) is 18.7. The maximum absolute atomic E-state index is 13.2. The first kappa shape index (κ1) is 18.8. The lowest BCUT2D eigenvalue weighted by atomic mass is 10.0. The van der Waals surface area contributed by atoms with Gasteiger partial charge in [-0.25, -0.2) is 4.39 Å². The lowest BCUT2D eigenvalue weighted by Crippen LogP contribution is -1.98. The molecule has 26 heavy (non-hydrogen) atoms. The number of nitrogens with zero attached hydrogens (tertiary/aromatic N) is 1. The predicted octanol–water partition coefficient (Wildman–Crippen LogP) is 5.75. The van der Waals surface area contributed by atoms with Gasteiger partial charge in [0, 0.05) is 24.1 Å². The minimum absolute atomic E-state index is 0.221. The number of fused-ring (bicyclic) bond motifs is 1. The van der Waals surface area contributed by atoms with Gasteiger partial charge in [-0.1, -0.05) is 18.2 Å². The summed E-state index contributed by atoms with van der Waals surface area (Å²) in [5, 5.41) is 0.994. The number of aromatic nitrogens is 1. The van der Waals surface area contributed by atoms with Gasteiger partial charge in [-0.3, -0.25) is 4.57 Å². The number of benzene rings is 2. The van der Waals surface area contributed by atoms with E-state index in [0.717, 1.165) is 27.6 Å². The van der Waals surface area contributed by atoms with Crippen LogP contribution < -0.4 is 0 Å². The van der Waals surface area contributed by atoms with Crippen LogP contribution in [0.4, 0.5) is 4.39 Å². The van der Waals surface area contributed by atoms with E-state index in [-0.39, 0.29) is 12.0 Å². The molecule has 1 aromatic heterocycles. The highest BCUT2D eigenvalue weighted by atomic mass is 31.2. The smallest absolute Gasteiger partial charge is 0.335 e. The summed E-state index contributed by atoms with van der Waals surface area (Å²) in [5.74, 6) is -0.260. The van der Waals surface area contributed by atoms with Crippen LogP contribution in [0.3, 0.4) is 0 Å². The Hall–Kier alpha value is -1.94. The molecule has 3 aromatic rings. The summed E-state index contributed by atoms with van der Waals surface area (Å²) >= 11 is 0. The molecule has 0 atom stereocenters. The molecule has 0 saturated heterocycles. The first-order chi connectivity index (χ1) is 12.5. The minimum atomic E-state index is -3.19. The third kappa shape index (κ3) is 3.90. The van der Waals surface area contributed by atoms with Crippen LogP contribution >= 0.6 is 7.60 Å². The van der Waals surface area contributed by atoms with E-state index in [1.54, 1.807) is 26.0 Å². The van der Waals surface area contributed by atoms with Crippen molar-refractivity contribution in [3.05, 3.63) is 60.0 Å². The van der Waals surface area contributed by atoms with E-state index in [0.29, 0.717) is 13.2 Å². The number of halogens is 1. The van der Waals surface area contributed by atoms with E-state index < -0.39 is 7.60 Å². The summed E-state index contributed by atoms with van der Waals surface area (Å²) < 4.78 is 39.0. The minimum Gasteiger partial charge on any atom is -0.350 e. The van der Waals surface area contributed by atoms with Gasteiger partial charge in [0.1, 0.15) is 5.82 Å². The summed E-state index contributed by atoms with van der Waals surface area (Å²) in [6.07, 6.45) is 2.18. The molecule has 0 unspecified atom stereocenters. The third-order valence-corrected chi connectivity index (χ3v) is 6.30. The first-order valence-electron chi connectivity index (χ1n) is 8.68. The van der Waals surface area contributed by atoms with Crippen molar-refractivity contribution in [2.45, 2.75) is 20.0 Å². The van der Waals surface area contributed by atoms with Gasteiger partial charge < -0.3 is 13.6 Å². The Morgan fingerprint density at radius 2 is 1.62 bits per heavy atom. The molecule has 1 heterocycles. The van der Waals surface area contributed by atoms with Crippen molar-refractivity contribution in [3.63, 3.8) is 0 Å². The standard InChI is InChI=1S/C20H23FNO3P/c1-4-24-26(23,25-5-2)14-17-13-22(3)20-11-8-16(12-19(17)20)15-6-9-18(21)10-7-15/h6-13H,4-5,14H2,1-3H3. The zero-order valence-electron chi connectivity index (χ0n) is 15.2. The fraction of sp³-hybridized carbons (Fsp3) is 0.300. The van der Waals surface area contributed by atoms with Crippen molar-refractivity contribution in [1.82, 2.24) is 4.57 Å². The Bertz CT molecular complexity index is 940. The Morgan fingerprint density at radius 3 is 2.23 bits per heavy atom. The summed E-state index contributed by atoms with van der Waals surface area (Å²) in [6.45, 7) is 4.29. The fourth-order valence-corrected chi connectivity index (χ4v) is 4.87. The molecule has 0 spiro atoms. The molecule has 6 heteroatoms. The van der Waals surface area contributed by atoms with Gasteiger partial charge in [0.05, 0.1) is 19.4 Å². The van der Waals surface area contributed by atoms with Crippen molar-refractivity contribution >= 4 is 18.5 Å². The molecule has 0 amide bonds. The van der Waals surface area contributed by atoms with E-state index >= 15 is 0 Å². The largest absolute Gasteiger partial charge is 0.350 e.